The van der Waals surface area contributed by atoms with E-state index >= 15 is 0 Å². The molecule has 1 N–H and O–H groups in total. The Hall–Kier alpha value is -2.03. The quantitative estimate of drug-likeness (QED) is 0.887. The van der Waals surface area contributed by atoms with Crippen molar-refractivity contribution in [2.75, 3.05) is 0 Å². The van der Waals surface area contributed by atoms with E-state index in [9.17, 15) is 4.79 Å². The van der Waals surface area contributed by atoms with Crippen molar-refractivity contribution in [3.63, 3.8) is 0 Å². The molecule has 0 bridgehead atoms. The Morgan fingerprint density at radius 1 is 1.28 bits per heavy atom. The molecule has 1 atom stereocenters. The molecule has 2 rings (SSSR count). The minimum Gasteiger partial charge on any atom is -0.475 e. The van der Waals surface area contributed by atoms with Crippen molar-refractivity contribution in [2.45, 2.75) is 19.8 Å². The van der Waals surface area contributed by atoms with Crippen LogP contribution in [0.3, 0.4) is 0 Å². The molecule has 3 nitrogen and oxygen atoms in total. The number of benzene rings is 1. The molecular formula is C15H16O3. The minimum atomic E-state index is -1.03. The van der Waals surface area contributed by atoms with Gasteiger partial charge in [-0.15, -0.1) is 0 Å². The fourth-order valence-corrected chi connectivity index (χ4v) is 2.06. The second kappa shape index (κ2) is 5.08. The molecule has 3 heteroatoms. The fourth-order valence-electron chi connectivity index (χ4n) is 2.06. The molecule has 0 saturated carbocycles. The lowest BCUT2D eigenvalue weighted by Crippen LogP contribution is -2.15. The smallest absolute Gasteiger partial charge is 0.371 e. The minimum absolute atomic E-state index is 0.00625. The maximum atomic E-state index is 11.0. The predicted molar refractivity (Wildman–Crippen MR) is 68.9 cm³/mol. The van der Waals surface area contributed by atoms with Crippen LogP contribution >= 0.6 is 0 Å². The number of hydrogen-bond donors (Lipinski definition) is 1. The molecule has 0 spiro atoms. The van der Waals surface area contributed by atoms with Gasteiger partial charge in [0, 0.05) is 5.92 Å². The third kappa shape index (κ3) is 2.45. The van der Waals surface area contributed by atoms with E-state index in [0.717, 1.165) is 11.1 Å². The molecule has 0 radical (unpaired) electrons. The first-order chi connectivity index (χ1) is 8.59. The molecule has 0 aliphatic carbocycles. The van der Waals surface area contributed by atoms with E-state index in [1.54, 1.807) is 12.3 Å². The van der Waals surface area contributed by atoms with Crippen molar-refractivity contribution < 1.29 is 14.6 Å². The predicted octanol–water partition coefficient (Wildman–Crippen LogP) is 3.31. The summed E-state index contributed by atoms with van der Waals surface area (Å²) in [6, 6.07) is 9.86. The largest absolute Gasteiger partial charge is 0.475 e. The molecule has 1 heterocycles. The van der Waals surface area contributed by atoms with Gasteiger partial charge in [-0.1, -0.05) is 44.2 Å². The molecule has 1 unspecified atom stereocenters. The van der Waals surface area contributed by atoms with Crippen LogP contribution in [-0.4, -0.2) is 11.1 Å². The van der Waals surface area contributed by atoms with Crippen LogP contribution in [0.1, 0.15) is 25.3 Å². The SMILES string of the molecule is CC(C)C1=COC(C(=O)O)=CC1c1ccccc1. The van der Waals surface area contributed by atoms with Crippen molar-refractivity contribution in [1.29, 1.82) is 0 Å². The van der Waals surface area contributed by atoms with Gasteiger partial charge in [0.2, 0.25) is 5.76 Å². The Labute approximate surface area is 106 Å². The zero-order valence-corrected chi connectivity index (χ0v) is 10.5. The Kier molecular flexibility index (Phi) is 3.51. The highest BCUT2D eigenvalue weighted by Crippen LogP contribution is 2.35. The third-order valence-electron chi connectivity index (χ3n) is 3.04. The Balaban J connectivity index is 2.40. The van der Waals surface area contributed by atoms with Crippen molar-refractivity contribution in [2.24, 2.45) is 5.92 Å². The maximum Gasteiger partial charge on any atom is 0.371 e. The first-order valence-corrected chi connectivity index (χ1v) is 5.96. The Bertz CT molecular complexity index is 498. The first kappa shape index (κ1) is 12.4. The van der Waals surface area contributed by atoms with Gasteiger partial charge in [-0.2, -0.15) is 0 Å². The van der Waals surface area contributed by atoms with Crippen molar-refractivity contribution in [3.8, 4) is 0 Å². The van der Waals surface area contributed by atoms with E-state index in [1.807, 2.05) is 30.3 Å². The van der Waals surface area contributed by atoms with Crippen LogP contribution in [0.15, 0.2) is 54.0 Å². The zero-order valence-electron chi connectivity index (χ0n) is 10.5. The molecule has 94 valence electrons. The highest BCUT2D eigenvalue weighted by atomic mass is 16.5. The lowest BCUT2D eigenvalue weighted by atomic mass is 9.84. The van der Waals surface area contributed by atoms with E-state index in [4.69, 9.17) is 9.84 Å². The van der Waals surface area contributed by atoms with Crippen LogP contribution in [0.5, 0.6) is 0 Å². The number of carboxylic acids is 1. The number of allylic oxidation sites excluding steroid dienone is 2. The molecule has 0 aromatic heterocycles. The van der Waals surface area contributed by atoms with E-state index < -0.39 is 5.97 Å². The van der Waals surface area contributed by atoms with E-state index in [0.29, 0.717) is 5.92 Å². The molecule has 0 saturated heterocycles. The van der Waals surface area contributed by atoms with Crippen LogP contribution in [0.25, 0.3) is 0 Å². The molecule has 0 fully saturated rings. The summed E-state index contributed by atoms with van der Waals surface area (Å²) in [6.07, 6.45) is 3.25. The number of rotatable bonds is 3. The van der Waals surface area contributed by atoms with Crippen molar-refractivity contribution >= 4 is 5.97 Å². The summed E-state index contributed by atoms with van der Waals surface area (Å²) in [5.41, 5.74) is 2.17. The van der Waals surface area contributed by atoms with Gasteiger partial charge in [0.1, 0.15) is 0 Å². The summed E-state index contributed by atoms with van der Waals surface area (Å²) < 4.78 is 5.16. The summed E-state index contributed by atoms with van der Waals surface area (Å²) in [4.78, 5) is 11.0. The zero-order chi connectivity index (χ0) is 13.1. The first-order valence-electron chi connectivity index (χ1n) is 5.96. The van der Waals surface area contributed by atoms with Crippen LogP contribution in [0.4, 0.5) is 0 Å². The van der Waals surface area contributed by atoms with Crippen LogP contribution in [0, 0.1) is 5.92 Å². The molecule has 18 heavy (non-hydrogen) atoms. The standard InChI is InChI=1S/C15H16O3/c1-10(2)13-9-18-14(15(16)17)8-12(13)11-6-4-3-5-7-11/h3-10,12H,1-2H3,(H,16,17). The van der Waals surface area contributed by atoms with E-state index in [-0.39, 0.29) is 11.7 Å². The molecule has 0 amide bonds. The lowest BCUT2D eigenvalue weighted by molar-refractivity contribution is -0.135. The van der Waals surface area contributed by atoms with Gasteiger partial charge in [-0.05, 0) is 23.1 Å². The summed E-state index contributed by atoms with van der Waals surface area (Å²) in [7, 11) is 0. The van der Waals surface area contributed by atoms with Gasteiger partial charge in [-0.3, -0.25) is 0 Å². The Morgan fingerprint density at radius 2 is 1.94 bits per heavy atom. The molecular weight excluding hydrogens is 228 g/mol. The van der Waals surface area contributed by atoms with Crippen LogP contribution in [0.2, 0.25) is 0 Å². The van der Waals surface area contributed by atoms with Gasteiger partial charge in [0.15, 0.2) is 0 Å². The normalized spacial score (nSPS) is 18.9. The van der Waals surface area contributed by atoms with Crippen LogP contribution in [-0.2, 0) is 9.53 Å². The number of aliphatic carboxylic acids is 1. The highest BCUT2D eigenvalue weighted by Gasteiger charge is 2.25. The van der Waals surface area contributed by atoms with E-state index in [1.165, 1.54) is 0 Å². The number of ether oxygens (including phenoxy) is 1. The second-order valence-electron chi connectivity index (χ2n) is 4.61. The average Bonchev–Trinajstić information content (AvgIpc) is 2.39. The van der Waals surface area contributed by atoms with Gasteiger partial charge >= 0.3 is 5.97 Å². The van der Waals surface area contributed by atoms with Crippen molar-refractivity contribution in [3.05, 3.63) is 59.6 Å². The van der Waals surface area contributed by atoms with Gasteiger partial charge in [0.25, 0.3) is 0 Å². The maximum absolute atomic E-state index is 11.0. The topological polar surface area (TPSA) is 46.5 Å². The fraction of sp³-hybridized carbons (Fsp3) is 0.267. The summed E-state index contributed by atoms with van der Waals surface area (Å²) in [5.74, 6) is -0.754. The molecule has 1 aliphatic rings. The third-order valence-corrected chi connectivity index (χ3v) is 3.04. The number of hydrogen-bond acceptors (Lipinski definition) is 2. The summed E-state index contributed by atoms with van der Waals surface area (Å²) in [6.45, 7) is 4.15. The molecule has 1 aromatic rings. The van der Waals surface area contributed by atoms with Crippen LogP contribution < -0.4 is 0 Å². The van der Waals surface area contributed by atoms with Gasteiger partial charge < -0.3 is 9.84 Å². The van der Waals surface area contributed by atoms with Gasteiger partial charge in [0.05, 0.1) is 6.26 Å². The number of carbonyl (C=O) groups is 1. The molecule has 1 aromatic carbocycles. The Morgan fingerprint density at radius 3 is 2.50 bits per heavy atom. The van der Waals surface area contributed by atoms with Gasteiger partial charge in [-0.25, -0.2) is 4.79 Å². The summed E-state index contributed by atoms with van der Waals surface area (Å²) in [5, 5.41) is 9.01. The van der Waals surface area contributed by atoms with E-state index in [2.05, 4.69) is 13.8 Å². The van der Waals surface area contributed by atoms with Crippen molar-refractivity contribution in [1.82, 2.24) is 0 Å². The average molecular weight is 244 g/mol. The second-order valence-corrected chi connectivity index (χ2v) is 4.61. The highest BCUT2D eigenvalue weighted by molar-refractivity contribution is 5.85. The lowest BCUT2D eigenvalue weighted by Gasteiger charge is -2.24. The monoisotopic (exact) mass is 244 g/mol. The number of carboxylic acid groups (broad SMARTS) is 1. The summed E-state index contributed by atoms with van der Waals surface area (Å²) >= 11 is 0. The molecule has 1 aliphatic heterocycles.